The highest BCUT2D eigenvalue weighted by atomic mass is 16.2. The second-order valence-corrected chi connectivity index (χ2v) is 13.0. The van der Waals surface area contributed by atoms with Crippen LogP contribution in [0, 0.1) is 46.3 Å². The fraction of sp³-hybridized carbons (Fsp3) is 0.929. The number of nitrogens with one attached hydrogen (secondary N) is 1. The quantitative estimate of drug-likeness (QED) is 0.635. The van der Waals surface area contributed by atoms with Crippen molar-refractivity contribution in [1.29, 1.82) is 0 Å². The van der Waals surface area contributed by atoms with Crippen molar-refractivity contribution in [3.8, 4) is 0 Å². The summed E-state index contributed by atoms with van der Waals surface area (Å²) < 4.78 is 0. The number of likely N-dealkylation sites (tertiary alicyclic amines) is 1. The topological polar surface area (TPSA) is 49.4 Å². The number of carbonyl (C=O) groups excluding carboxylic acids is 2. The van der Waals surface area contributed by atoms with E-state index in [2.05, 4.69) is 38.0 Å². The molecule has 4 saturated carbocycles. The van der Waals surface area contributed by atoms with Crippen LogP contribution in [0.25, 0.3) is 0 Å². The van der Waals surface area contributed by atoms with E-state index in [0.717, 1.165) is 55.9 Å². The summed E-state index contributed by atoms with van der Waals surface area (Å²) in [7, 11) is 2.05. The maximum Gasteiger partial charge on any atom is 0.223 e. The third-order valence-electron chi connectivity index (χ3n) is 11.7. The van der Waals surface area contributed by atoms with E-state index in [0.29, 0.717) is 34.6 Å². The molecule has 0 aromatic carbocycles. The van der Waals surface area contributed by atoms with Crippen LogP contribution in [0.5, 0.6) is 0 Å². The molecule has 0 bridgehead atoms. The third-order valence-corrected chi connectivity index (χ3v) is 11.7. The Labute approximate surface area is 195 Å². The van der Waals surface area contributed by atoms with Crippen LogP contribution in [-0.4, -0.2) is 36.3 Å². The fourth-order valence-electron chi connectivity index (χ4n) is 9.49. The summed E-state index contributed by atoms with van der Waals surface area (Å²) in [6, 6.07) is 0.448. The second kappa shape index (κ2) is 8.31. The molecule has 1 heterocycles. The van der Waals surface area contributed by atoms with Crippen molar-refractivity contribution >= 4 is 11.8 Å². The molecule has 0 aromatic heterocycles. The highest BCUT2D eigenvalue weighted by molar-refractivity contribution is 5.78. The Kier molecular flexibility index (Phi) is 5.90. The van der Waals surface area contributed by atoms with Crippen LogP contribution in [0.4, 0.5) is 0 Å². The van der Waals surface area contributed by atoms with Crippen LogP contribution in [0.3, 0.4) is 0 Å². The largest absolute Gasteiger partial charge is 0.356 e. The van der Waals surface area contributed by atoms with Gasteiger partial charge in [-0.25, -0.2) is 0 Å². The monoisotopic (exact) mass is 442 g/mol. The molecule has 32 heavy (non-hydrogen) atoms. The van der Waals surface area contributed by atoms with Gasteiger partial charge in [0.2, 0.25) is 11.8 Å². The molecular weight excluding hydrogens is 396 g/mol. The van der Waals surface area contributed by atoms with Gasteiger partial charge >= 0.3 is 0 Å². The maximum absolute atomic E-state index is 12.9. The summed E-state index contributed by atoms with van der Waals surface area (Å²) in [5.41, 5.74) is 0.687. The summed E-state index contributed by atoms with van der Waals surface area (Å²) in [5, 5.41) is 3.42. The molecule has 1 N–H and O–H groups in total. The molecule has 4 nitrogen and oxygen atoms in total. The molecule has 2 amide bonds. The Hall–Kier alpha value is -1.06. The number of rotatable bonds is 3. The lowest BCUT2D eigenvalue weighted by molar-refractivity contribution is -0.158. The Balaban J connectivity index is 1.24. The van der Waals surface area contributed by atoms with Crippen molar-refractivity contribution in [3.63, 3.8) is 0 Å². The summed E-state index contributed by atoms with van der Waals surface area (Å²) in [4.78, 5) is 27.3. The average Bonchev–Trinajstić information content (AvgIpc) is 3.12. The lowest BCUT2D eigenvalue weighted by Gasteiger charge is -2.61. The Morgan fingerprint density at radius 3 is 2.41 bits per heavy atom. The number of hydrogen-bond acceptors (Lipinski definition) is 2. The number of hydrogen-bond donors (Lipinski definition) is 1. The molecule has 5 fully saturated rings. The first kappa shape index (κ1) is 22.7. The molecule has 7 atom stereocenters. The van der Waals surface area contributed by atoms with Crippen molar-refractivity contribution in [3.05, 3.63) is 0 Å². The fourth-order valence-corrected chi connectivity index (χ4v) is 9.49. The molecule has 0 aromatic rings. The zero-order chi connectivity index (χ0) is 22.7. The van der Waals surface area contributed by atoms with Gasteiger partial charge in [-0.3, -0.25) is 9.59 Å². The summed E-state index contributed by atoms with van der Waals surface area (Å²) in [5.74, 6) is 4.78. The highest BCUT2D eigenvalue weighted by Crippen LogP contribution is 2.66. The van der Waals surface area contributed by atoms with E-state index in [1.165, 1.54) is 51.4 Å². The van der Waals surface area contributed by atoms with E-state index in [1.54, 1.807) is 0 Å². The molecule has 4 heteroatoms. The smallest absolute Gasteiger partial charge is 0.223 e. The van der Waals surface area contributed by atoms with Crippen LogP contribution < -0.4 is 5.32 Å². The van der Waals surface area contributed by atoms with Gasteiger partial charge in [0, 0.05) is 32.0 Å². The number of piperidine rings is 1. The lowest BCUT2D eigenvalue weighted by atomic mass is 9.47. The first-order valence-corrected chi connectivity index (χ1v) is 13.8. The van der Waals surface area contributed by atoms with Crippen LogP contribution in [0.2, 0.25) is 0 Å². The van der Waals surface area contributed by atoms with Crippen molar-refractivity contribution in [2.45, 2.75) is 104 Å². The number of amides is 2. The maximum atomic E-state index is 12.9. The van der Waals surface area contributed by atoms with Crippen LogP contribution in [0.1, 0.15) is 97.8 Å². The predicted molar refractivity (Wildman–Crippen MR) is 128 cm³/mol. The van der Waals surface area contributed by atoms with E-state index < -0.39 is 0 Å². The van der Waals surface area contributed by atoms with Crippen LogP contribution in [0.15, 0.2) is 0 Å². The molecular formula is C28H46N2O2. The van der Waals surface area contributed by atoms with E-state index in [-0.39, 0.29) is 5.92 Å². The average molecular weight is 443 g/mol. The van der Waals surface area contributed by atoms with Gasteiger partial charge in [-0.2, -0.15) is 0 Å². The van der Waals surface area contributed by atoms with Gasteiger partial charge in [0.1, 0.15) is 0 Å². The van der Waals surface area contributed by atoms with Crippen LogP contribution >= 0.6 is 0 Å². The normalized spacial score (nSPS) is 48.6. The van der Waals surface area contributed by atoms with E-state index in [4.69, 9.17) is 0 Å². The van der Waals surface area contributed by atoms with Crippen molar-refractivity contribution in [2.24, 2.45) is 46.3 Å². The summed E-state index contributed by atoms with van der Waals surface area (Å²) >= 11 is 0. The van der Waals surface area contributed by atoms with Gasteiger partial charge in [-0.05, 0) is 111 Å². The summed E-state index contributed by atoms with van der Waals surface area (Å²) in [6.45, 7) is 8.29. The van der Waals surface area contributed by atoms with Gasteiger partial charge < -0.3 is 10.2 Å². The number of nitrogens with zero attached hydrogens (tertiary/aromatic N) is 1. The molecule has 2 unspecified atom stereocenters. The van der Waals surface area contributed by atoms with E-state index in [9.17, 15) is 9.59 Å². The predicted octanol–water partition coefficient (Wildman–Crippen LogP) is 5.41. The molecule has 180 valence electrons. The van der Waals surface area contributed by atoms with Crippen molar-refractivity contribution < 1.29 is 9.59 Å². The number of carbonyl (C=O) groups is 2. The van der Waals surface area contributed by atoms with Crippen molar-refractivity contribution in [1.82, 2.24) is 10.2 Å². The Morgan fingerprint density at radius 1 is 0.938 bits per heavy atom. The van der Waals surface area contributed by atoms with E-state index in [1.807, 2.05) is 0 Å². The molecule has 1 saturated heterocycles. The summed E-state index contributed by atoms with van der Waals surface area (Å²) in [6.07, 6.45) is 14.1. The molecule has 5 aliphatic rings. The highest BCUT2D eigenvalue weighted by Gasteiger charge is 2.61. The zero-order valence-corrected chi connectivity index (χ0v) is 21.0. The van der Waals surface area contributed by atoms with Gasteiger partial charge in [-0.15, -0.1) is 0 Å². The molecule has 5 rings (SSSR count). The molecule has 0 radical (unpaired) electrons. The number of fused-ring (bicyclic) bond motifs is 5. The van der Waals surface area contributed by atoms with Gasteiger partial charge in [0.15, 0.2) is 0 Å². The molecule has 4 aliphatic carbocycles. The zero-order valence-electron chi connectivity index (χ0n) is 21.0. The SMILES string of the molecule is CC1CCC(C(=O)NCC2CC[C@H]3[C@@H]4CCC5N(C)C(=O)CC[C@]5(C)[C@@H]4CC[C@]23C)CC1. The minimum absolute atomic E-state index is 0.258. The molecule has 0 spiro atoms. The standard InChI is InChI=1S/C28H46N2O2/c1-18-5-7-19(8-6-18)26(32)29-17-20-9-11-22-21-10-12-24-28(3,16-14-25(31)30(24)4)23(21)13-15-27(20,22)2/h18-24H,5-17H2,1-4H3,(H,29,32)/t18?,19?,20?,21-,22-,23+,24?,27+,28+/m0/s1. The lowest BCUT2D eigenvalue weighted by Crippen LogP contribution is -2.61. The third kappa shape index (κ3) is 3.54. The minimum Gasteiger partial charge on any atom is -0.356 e. The second-order valence-electron chi connectivity index (χ2n) is 13.0. The Morgan fingerprint density at radius 2 is 1.66 bits per heavy atom. The van der Waals surface area contributed by atoms with Gasteiger partial charge in [0.25, 0.3) is 0 Å². The Bertz CT molecular complexity index is 744. The first-order valence-electron chi connectivity index (χ1n) is 13.8. The first-order chi connectivity index (χ1) is 15.2. The van der Waals surface area contributed by atoms with Gasteiger partial charge in [-0.1, -0.05) is 20.8 Å². The van der Waals surface area contributed by atoms with Crippen LogP contribution in [-0.2, 0) is 9.59 Å². The van der Waals surface area contributed by atoms with Crippen molar-refractivity contribution in [2.75, 3.05) is 13.6 Å². The molecule has 1 aliphatic heterocycles. The van der Waals surface area contributed by atoms with Gasteiger partial charge in [0.05, 0.1) is 0 Å². The minimum atomic E-state index is 0.258. The van der Waals surface area contributed by atoms with E-state index >= 15 is 0 Å².